The van der Waals surface area contributed by atoms with Gasteiger partial charge in [0, 0.05) is 12.8 Å². The van der Waals surface area contributed by atoms with Crippen LogP contribution in [0.25, 0.3) is 0 Å². The maximum atomic E-state index is 5.39. The van der Waals surface area contributed by atoms with E-state index in [1.807, 2.05) is 6.92 Å². The lowest BCUT2D eigenvalue weighted by Gasteiger charge is -2.29. The standard InChI is InChI=1S/C13H18N/c1-4-9-14(10-5-6-11-14)12-7-8-13(2)3/h1H,2,5-6,9-12H2,3H3/q+1. The highest BCUT2D eigenvalue weighted by Crippen LogP contribution is 2.17. The average Bonchev–Trinajstić information content (AvgIpc) is 2.53. The Morgan fingerprint density at radius 2 is 2.00 bits per heavy atom. The van der Waals surface area contributed by atoms with Crippen LogP contribution in [0.4, 0.5) is 0 Å². The average molecular weight is 188 g/mol. The molecule has 1 aliphatic rings. The summed E-state index contributed by atoms with van der Waals surface area (Å²) >= 11 is 0. The number of rotatable bonds is 2. The van der Waals surface area contributed by atoms with E-state index in [9.17, 15) is 0 Å². The van der Waals surface area contributed by atoms with Crippen LogP contribution in [0.15, 0.2) is 12.2 Å². The summed E-state index contributed by atoms with van der Waals surface area (Å²) in [5, 5.41) is 0. The van der Waals surface area contributed by atoms with Gasteiger partial charge >= 0.3 is 0 Å². The van der Waals surface area contributed by atoms with Crippen LogP contribution in [0, 0.1) is 24.2 Å². The molecule has 14 heavy (non-hydrogen) atoms. The van der Waals surface area contributed by atoms with E-state index in [0.717, 1.165) is 23.1 Å². The molecule has 0 aromatic heterocycles. The van der Waals surface area contributed by atoms with Gasteiger partial charge in [0.1, 0.15) is 13.1 Å². The van der Waals surface area contributed by atoms with Gasteiger partial charge in [-0.2, -0.15) is 0 Å². The number of quaternary nitrogens is 1. The summed E-state index contributed by atoms with van der Waals surface area (Å²) < 4.78 is 0.997. The quantitative estimate of drug-likeness (QED) is 0.458. The number of nitrogens with zero attached hydrogens (tertiary/aromatic N) is 1. The lowest BCUT2D eigenvalue weighted by molar-refractivity contribution is -0.903. The predicted octanol–water partition coefficient (Wildman–Crippen LogP) is 1.81. The van der Waals surface area contributed by atoms with Gasteiger partial charge in [-0.15, -0.1) is 6.42 Å². The molecule has 1 heterocycles. The van der Waals surface area contributed by atoms with E-state index in [4.69, 9.17) is 6.42 Å². The van der Waals surface area contributed by atoms with Gasteiger partial charge in [0.15, 0.2) is 0 Å². The highest BCUT2D eigenvalue weighted by atomic mass is 15.4. The number of hydrogen-bond acceptors (Lipinski definition) is 0. The van der Waals surface area contributed by atoms with E-state index in [2.05, 4.69) is 24.3 Å². The Kier molecular flexibility index (Phi) is 3.81. The fraction of sp³-hybridized carbons (Fsp3) is 0.538. The van der Waals surface area contributed by atoms with Crippen LogP contribution in [0.5, 0.6) is 0 Å². The minimum atomic E-state index is 0.824. The Morgan fingerprint density at radius 1 is 1.36 bits per heavy atom. The Bertz CT molecular complexity index is 302. The molecule has 0 N–H and O–H groups in total. The van der Waals surface area contributed by atoms with Crippen LogP contribution < -0.4 is 0 Å². The van der Waals surface area contributed by atoms with Crippen LogP contribution in [0.1, 0.15) is 19.8 Å². The molecule has 1 heteroatoms. The Balaban J connectivity index is 2.58. The van der Waals surface area contributed by atoms with Crippen molar-refractivity contribution in [2.45, 2.75) is 19.8 Å². The molecule has 0 spiro atoms. The first-order chi connectivity index (χ1) is 6.68. The van der Waals surface area contributed by atoms with Crippen molar-refractivity contribution in [3.05, 3.63) is 12.2 Å². The van der Waals surface area contributed by atoms with Crippen molar-refractivity contribution < 1.29 is 4.48 Å². The smallest absolute Gasteiger partial charge is 0.142 e. The largest absolute Gasteiger partial charge is 0.303 e. The molecule has 1 saturated heterocycles. The third kappa shape index (κ3) is 2.95. The maximum Gasteiger partial charge on any atom is 0.142 e. The molecule has 1 fully saturated rings. The first kappa shape index (κ1) is 10.9. The Labute approximate surface area is 87.4 Å². The highest BCUT2D eigenvalue weighted by Gasteiger charge is 2.29. The molecule has 0 aromatic rings. The van der Waals surface area contributed by atoms with E-state index in [-0.39, 0.29) is 0 Å². The molecule has 74 valence electrons. The summed E-state index contributed by atoms with van der Waals surface area (Å²) in [6, 6.07) is 0. The van der Waals surface area contributed by atoms with Crippen molar-refractivity contribution >= 4 is 0 Å². The highest BCUT2D eigenvalue weighted by molar-refractivity contribution is 5.23. The van der Waals surface area contributed by atoms with E-state index < -0.39 is 0 Å². The van der Waals surface area contributed by atoms with Gasteiger partial charge < -0.3 is 4.48 Å². The van der Waals surface area contributed by atoms with Crippen LogP contribution in [0.3, 0.4) is 0 Å². The first-order valence-corrected chi connectivity index (χ1v) is 5.11. The minimum absolute atomic E-state index is 0.824. The third-order valence-corrected chi connectivity index (χ3v) is 2.66. The molecule has 0 saturated carbocycles. The van der Waals surface area contributed by atoms with Gasteiger partial charge in [-0.3, -0.25) is 0 Å². The lowest BCUT2D eigenvalue weighted by Crippen LogP contribution is -2.45. The van der Waals surface area contributed by atoms with Gasteiger partial charge in [-0.25, -0.2) is 0 Å². The molecule has 0 amide bonds. The fourth-order valence-corrected chi connectivity index (χ4v) is 1.93. The van der Waals surface area contributed by atoms with Crippen LogP contribution in [0.2, 0.25) is 0 Å². The van der Waals surface area contributed by atoms with Crippen molar-refractivity contribution in [1.29, 1.82) is 0 Å². The maximum absolute atomic E-state index is 5.39. The first-order valence-electron chi connectivity index (χ1n) is 5.11. The minimum Gasteiger partial charge on any atom is -0.303 e. The van der Waals surface area contributed by atoms with Gasteiger partial charge in [0.2, 0.25) is 0 Å². The van der Waals surface area contributed by atoms with Crippen molar-refractivity contribution in [3.8, 4) is 24.2 Å². The molecule has 0 radical (unpaired) electrons. The summed E-state index contributed by atoms with van der Waals surface area (Å²) in [5.41, 5.74) is 0.933. The second-order valence-electron chi connectivity index (χ2n) is 4.10. The molecular formula is C13H18N+. The zero-order valence-corrected chi connectivity index (χ0v) is 8.97. The van der Waals surface area contributed by atoms with Crippen molar-refractivity contribution in [2.24, 2.45) is 0 Å². The third-order valence-electron chi connectivity index (χ3n) is 2.66. The number of terminal acetylenes is 1. The second kappa shape index (κ2) is 4.89. The van der Waals surface area contributed by atoms with Crippen molar-refractivity contribution in [1.82, 2.24) is 0 Å². The van der Waals surface area contributed by atoms with E-state index in [1.165, 1.54) is 25.9 Å². The molecule has 1 aliphatic heterocycles. The van der Waals surface area contributed by atoms with E-state index >= 15 is 0 Å². The summed E-state index contributed by atoms with van der Waals surface area (Å²) in [7, 11) is 0. The second-order valence-corrected chi connectivity index (χ2v) is 4.10. The van der Waals surface area contributed by atoms with Crippen LogP contribution in [-0.2, 0) is 0 Å². The van der Waals surface area contributed by atoms with E-state index in [1.54, 1.807) is 0 Å². The fourth-order valence-electron chi connectivity index (χ4n) is 1.93. The Morgan fingerprint density at radius 3 is 2.50 bits per heavy atom. The van der Waals surface area contributed by atoms with Crippen LogP contribution in [-0.4, -0.2) is 30.7 Å². The predicted molar refractivity (Wildman–Crippen MR) is 60.4 cm³/mol. The molecule has 0 bridgehead atoms. The van der Waals surface area contributed by atoms with Gasteiger partial charge in [-0.1, -0.05) is 12.5 Å². The number of likely N-dealkylation sites (tertiary alicyclic amines) is 1. The Hall–Kier alpha value is -1.18. The van der Waals surface area contributed by atoms with Gasteiger partial charge in [0.05, 0.1) is 13.1 Å². The monoisotopic (exact) mass is 188 g/mol. The molecular weight excluding hydrogens is 170 g/mol. The zero-order chi connectivity index (χ0) is 10.4. The summed E-state index contributed by atoms with van der Waals surface area (Å²) in [6.45, 7) is 9.79. The summed E-state index contributed by atoms with van der Waals surface area (Å²) in [5.74, 6) is 8.98. The SMILES string of the molecule is C#CC[N+]1(CC#CC(=C)C)CCCC1. The van der Waals surface area contributed by atoms with E-state index in [0.29, 0.717) is 0 Å². The normalized spacial score (nSPS) is 18.0. The molecule has 0 aromatic carbocycles. The lowest BCUT2D eigenvalue weighted by atomic mass is 10.3. The molecule has 1 nitrogen and oxygen atoms in total. The molecule has 0 unspecified atom stereocenters. The summed E-state index contributed by atoms with van der Waals surface area (Å²) in [4.78, 5) is 0. The number of hydrogen-bond donors (Lipinski definition) is 0. The molecule has 0 atom stereocenters. The number of allylic oxidation sites excluding steroid dienone is 1. The molecule has 1 rings (SSSR count). The molecule has 0 aliphatic carbocycles. The van der Waals surface area contributed by atoms with Crippen LogP contribution >= 0.6 is 0 Å². The van der Waals surface area contributed by atoms with Crippen molar-refractivity contribution in [2.75, 3.05) is 26.2 Å². The van der Waals surface area contributed by atoms with Gasteiger partial charge in [-0.05, 0) is 24.3 Å². The topological polar surface area (TPSA) is 0 Å². The van der Waals surface area contributed by atoms with Crippen molar-refractivity contribution in [3.63, 3.8) is 0 Å². The zero-order valence-electron chi connectivity index (χ0n) is 8.97. The summed E-state index contributed by atoms with van der Waals surface area (Å²) in [6.07, 6.45) is 7.97. The van der Waals surface area contributed by atoms with Gasteiger partial charge in [0.25, 0.3) is 0 Å².